The van der Waals surface area contributed by atoms with Gasteiger partial charge in [0.15, 0.2) is 0 Å². The van der Waals surface area contributed by atoms with Gasteiger partial charge in [0.2, 0.25) is 0 Å². The number of hydrogen-bond donors (Lipinski definition) is 4. The Morgan fingerprint density at radius 2 is 1.12 bits per heavy atom. The fraction of sp³-hybridized carbons (Fsp3) is 0.222. The van der Waals surface area contributed by atoms with Crippen LogP contribution in [0.2, 0.25) is 10.0 Å². The van der Waals surface area contributed by atoms with E-state index in [0.29, 0.717) is 58.3 Å². The topological polar surface area (TPSA) is 106 Å². The fourth-order valence-corrected chi connectivity index (χ4v) is 2.88. The number of phenolic OH excluding ortho intramolecular Hbond substituents is 2. The Labute approximate surface area is 160 Å². The standard InChI is InChI=1S/C18H18Cl2N2O4/c19-11-5-7-17(23)13(9-11)15(21-25)3-1-2-4-16(22-26)14-10-12(20)6-8-18(14)24/h5-10,23-26H,1-4H2/b21-15+,22-16+. The molecule has 138 valence electrons. The van der Waals surface area contributed by atoms with Crippen molar-refractivity contribution < 1.29 is 20.6 Å². The number of hydrogen-bond acceptors (Lipinski definition) is 6. The molecule has 8 heteroatoms. The lowest BCUT2D eigenvalue weighted by atomic mass is 9.99. The molecule has 2 aromatic carbocycles. The van der Waals surface area contributed by atoms with Crippen molar-refractivity contribution in [1.29, 1.82) is 0 Å². The molecule has 26 heavy (non-hydrogen) atoms. The van der Waals surface area contributed by atoms with E-state index in [2.05, 4.69) is 10.3 Å². The molecular weight excluding hydrogens is 379 g/mol. The Morgan fingerprint density at radius 1 is 0.731 bits per heavy atom. The molecule has 6 nitrogen and oxygen atoms in total. The summed E-state index contributed by atoms with van der Waals surface area (Å²) >= 11 is 11.8. The maximum atomic E-state index is 9.88. The van der Waals surface area contributed by atoms with E-state index in [1.54, 1.807) is 0 Å². The summed E-state index contributed by atoms with van der Waals surface area (Å²) < 4.78 is 0. The van der Waals surface area contributed by atoms with Crippen LogP contribution in [-0.4, -0.2) is 32.1 Å². The minimum absolute atomic E-state index is 0.0244. The van der Waals surface area contributed by atoms with Gasteiger partial charge in [-0.1, -0.05) is 33.5 Å². The van der Waals surface area contributed by atoms with Crippen LogP contribution in [0.5, 0.6) is 11.5 Å². The van der Waals surface area contributed by atoms with E-state index >= 15 is 0 Å². The molecule has 0 saturated heterocycles. The Balaban J connectivity index is 1.98. The van der Waals surface area contributed by atoms with Gasteiger partial charge in [-0.05, 0) is 62.1 Å². The summed E-state index contributed by atoms with van der Waals surface area (Å²) in [5.41, 5.74) is 1.34. The zero-order valence-corrected chi connectivity index (χ0v) is 15.2. The molecule has 0 spiro atoms. The van der Waals surface area contributed by atoms with Crippen molar-refractivity contribution in [3.05, 3.63) is 57.6 Å². The van der Waals surface area contributed by atoms with Crippen LogP contribution in [0.1, 0.15) is 36.8 Å². The van der Waals surface area contributed by atoms with E-state index in [1.165, 1.54) is 36.4 Å². The number of nitrogens with zero attached hydrogens (tertiary/aromatic N) is 2. The molecule has 4 N–H and O–H groups in total. The molecule has 2 rings (SSSR count). The predicted octanol–water partition coefficient (Wildman–Crippen LogP) is 5.02. The lowest BCUT2D eigenvalue weighted by molar-refractivity contribution is 0.316. The molecule has 0 aromatic heterocycles. The molecular formula is C18H18Cl2N2O4. The highest BCUT2D eigenvalue weighted by molar-refractivity contribution is 6.31. The molecule has 0 atom stereocenters. The van der Waals surface area contributed by atoms with E-state index < -0.39 is 0 Å². The number of aromatic hydroxyl groups is 2. The third-order valence-corrected chi connectivity index (χ3v) is 4.33. The zero-order chi connectivity index (χ0) is 19.1. The summed E-state index contributed by atoms with van der Waals surface area (Å²) in [6.07, 6.45) is 1.94. The van der Waals surface area contributed by atoms with Crippen LogP contribution in [0.15, 0.2) is 46.7 Å². The van der Waals surface area contributed by atoms with Crippen molar-refractivity contribution in [2.45, 2.75) is 25.7 Å². The van der Waals surface area contributed by atoms with Crippen LogP contribution < -0.4 is 0 Å². The quantitative estimate of drug-likeness (QED) is 0.228. The molecule has 0 aliphatic carbocycles. The van der Waals surface area contributed by atoms with Crippen molar-refractivity contribution in [1.82, 2.24) is 0 Å². The Kier molecular flexibility index (Phi) is 7.12. The highest BCUT2D eigenvalue weighted by atomic mass is 35.5. The van der Waals surface area contributed by atoms with Crippen LogP contribution in [-0.2, 0) is 0 Å². The first kappa shape index (κ1) is 19.9. The first-order valence-electron chi connectivity index (χ1n) is 7.86. The predicted molar refractivity (Wildman–Crippen MR) is 101 cm³/mol. The molecule has 0 saturated carbocycles. The van der Waals surface area contributed by atoms with Gasteiger partial charge in [0.1, 0.15) is 11.5 Å². The van der Waals surface area contributed by atoms with E-state index in [1.807, 2.05) is 0 Å². The molecule has 0 radical (unpaired) electrons. The molecule has 0 heterocycles. The van der Waals surface area contributed by atoms with Gasteiger partial charge in [0, 0.05) is 21.2 Å². The normalized spacial score (nSPS) is 12.4. The van der Waals surface area contributed by atoms with Gasteiger partial charge >= 0.3 is 0 Å². The average Bonchev–Trinajstić information content (AvgIpc) is 2.63. The number of benzene rings is 2. The van der Waals surface area contributed by atoms with Crippen LogP contribution in [0.25, 0.3) is 0 Å². The van der Waals surface area contributed by atoms with Crippen molar-refractivity contribution in [2.75, 3.05) is 0 Å². The SMILES string of the molecule is O/N=C(\CCCC/C(=N\O)c1cc(Cl)ccc1O)c1cc(Cl)ccc1O. The van der Waals surface area contributed by atoms with Crippen LogP contribution >= 0.6 is 23.2 Å². The molecule has 0 unspecified atom stereocenters. The third-order valence-electron chi connectivity index (χ3n) is 3.86. The minimum Gasteiger partial charge on any atom is -0.507 e. The van der Waals surface area contributed by atoms with Crippen molar-refractivity contribution >= 4 is 34.6 Å². The van der Waals surface area contributed by atoms with Crippen molar-refractivity contribution in [2.24, 2.45) is 10.3 Å². The highest BCUT2D eigenvalue weighted by Gasteiger charge is 2.13. The number of phenols is 2. The zero-order valence-electron chi connectivity index (χ0n) is 13.7. The van der Waals surface area contributed by atoms with E-state index in [0.717, 1.165) is 0 Å². The summed E-state index contributed by atoms with van der Waals surface area (Å²) in [6.45, 7) is 0. The highest BCUT2D eigenvalue weighted by Crippen LogP contribution is 2.26. The Bertz CT molecular complexity index is 768. The van der Waals surface area contributed by atoms with E-state index in [4.69, 9.17) is 23.2 Å². The lowest BCUT2D eigenvalue weighted by Crippen LogP contribution is -2.05. The summed E-state index contributed by atoms with van der Waals surface area (Å²) in [7, 11) is 0. The lowest BCUT2D eigenvalue weighted by Gasteiger charge is -2.09. The second-order valence-electron chi connectivity index (χ2n) is 5.62. The summed E-state index contributed by atoms with van der Waals surface area (Å²) in [6, 6.07) is 8.99. The molecule has 0 bridgehead atoms. The van der Waals surface area contributed by atoms with Crippen LogP contribution in [0, 0.1) is 0 Å². The van der Waals surface area contributed by atoms with Gasteiger partial charge in [0.25, 0.3) is 0 Å². The van der Waals surface area contributed by atoms with Gasteiger partial charge in [0.05, 0.1) is 11.4 Å². The molecule has 0 fully saturated rings. The van der Waals surface area contributed by atoms with E-state index in [-0.39, 0.29) is 11.5 Å². The minimum atomic E-state index is -0.0244. The Morgan fingerprint density at radius 3 is 1.46 bits per heavy atom. The maximum absolute atomic E-state index is 9.88. The monoisotopic (exact) mass is 396 g/mol. The van der Waals surface area contributed by atoms with Crippen LogP contribution in [0.4, 0.5) is 0 Å². The number of rotatable bonds is 7. The number of halogens is 2. The summed E-state index contributed by atoms with van der Waals surface area (Å²) in [5.74, 6) is -0.0488. The summed E-state index contributed by atoms with van der Waals surface area (Å²) in [5, 5.41) is 45.5. The first-order chi connectivity index (χ1) is 12.5. The third kappa shape index (κ3) is 5.03. The number of unbranched alkanes of at least 4 members (excludes halogenated alkanes) is 1. The summed E-state index contributed by atoms with van der Waals surface area (Å²) in [4.78, 5) is 0. The van der Waals surface area contributed by atoms with Gasteiger partial charge in [-0.15, -0.1) is 0 Å². The maximum Gasteiger partial charge on any atom is 0.124 e. The van der Waals surface area contributed by atoms with Gasteiger partial charge in [-0.3, -0.25) is 0 Å². The first-order valence-corrected chi connectivity index (χ1v) is 8.61. The van der Waals surface area contributed by atoms with Crippen LogP contribution in [0.3, 0.4) is 0 Å². The average molecular weight is 397 g/mol. The molecule has 0 aliphatic rings. The second-order valence-corrected chi connectivity index (χ2v) is 6.50. The number of oxime groups is 2. The smallest absolute Gasteiger partial charge is 0.124 e. The van der Waals surface area contributed by atoms with Gasteiger partial charge in [-0.2, -0.15) is 0 Å². The molecule has 0 amide bonds. The fourth-order valence-electron chi connectivity index (χ4n) is 2.54. The molecule has 0 aliphatic heterocycles. The largest absolute Gasteiger partial charge is 0.507 e. The van der Waals surface area contributed by atoms with Gasteiger partial charge in [-0.25, -0.2) is 0 Å². The molecule has 2 aromatic rings. The Hall–Kier alpha value is -2.44. The van der Waals surface area contributed by atoms with E-state index in [9.17, 15) is 20.6 Å². The second kappa shape index (κ2) is 9.31. The van der Waals surface area contributed by atoms with Crippen molar-refractivity contribution in [3.63, 3.8) is 0 Å². The van der Waals surface area contributed by atoms with Crippen molar-refractivity contribution in [3.8, 4) is 11.5 Å². The van der Waals surface area contributed by atoms with Gasteiger partial charge < -0.3 is 20.6 Å².